The van der Waals surface area contributed by atoms with E-state index in [1.807, 2.05) is 12.1 Å². The van der Waals surface area contributed by atoms with Gasteiger partial charge in [0.15, 0.2) is 5.82 Å². The molecule has 0 N–H and O–H groups in total. The molecule has 1 atom stereocenters. The molecule has 1 aromatic heterocycles. The number of likely N-dealkylation sites (tertiary alicyclic amines) is 1. The molecule has 3 heterocycles. The summed E-state index contributed by atoms with van der Waals surface area (Å²) < 4.78 is 0. The molecule has 1 aromatic rings. The molecular weight excluding hydrogens is 290 g/mol. The molecule has 2 aliphatic rings. The van der Waals surface area contributed by atoms with Gasteiger partial charge in [-0.3, -0.25) is 9.69 Å². The van der Waals surface area contributed by atoms with Crippen molar-refractivity contribution >= 4 is 11.7 Å². The molecule has 6 heteroatoms. The molecule has 0 spiro atoms. The first kappa shape index (κ1) is 16.2. The number of amides is 1. The highest BCUT2D eigenvalue weighted by molar-refractivity contribution is 5.82. The van der Waals surface area contributed by atoms with Crippen LogP contribution < -0.4 is 4.90 Å². The summed E-state index contributed by atoms with van der Waals surface area (Å²) in [5, 5.41) is 8.15. The number of hydrogen-bond donors (Lipinski definition) is 0. The molecule has 0 aliphatic carbocycles. The maximum atomic E-state index is 13.0. The Morgan fingerprint density at radius 3 is 2.87 bits per heavy atom. The molecule has 2 aliphatic heterocycles. The molecule has 2 fully saturated rings. The highest BCUT2D eigenvalue weighted by Crippen LogP contribution is 2.20. The molecule has 6 nitrogen and oxygen atoms in total. The van der Waals surface area contributed by atoms with Crippen LogP contribution in [-0.4, -0.2) is 71.2 Å². The average Bonchev–Trinajstić information content (AvgIpc) is 2.88. The number of carbonyl (C=O) groups excluding carboxylic acids is 1. The number of carbonyl (C=O) groups is 1. The Morgan fingerprint density at radius 2 is 2.09 bits per heavy atom. The summed E-state index contributed by atoms with van der Waals surface area (Å²) in [7, 11) is 0. The minimum absolute atomic E-state index is 0.0943. The molecule has 1 amide bonds. The Labute approximate surface area is 138 Å². The van der Waals surface area contributed by atoms with E-state index in [-0.39, 0.29) is 6.04 Å². The van der Waals surface area contributed by atoms with Gasteiger partial charge in [-0.1, -0.05) is 13.3 Å². The van der Waals surface area contributed by atoms with E-state index in [4.69, 9.17) is 0 Å². The van der Waals surface area contributed by atoms with Crippen LogP contribution in [-0.2, 0) is 4.79 Å². The lowest BCUT2D eigenvalue weighted by Crippen LogP contribution is -2.51. The summed E-state index contributed by atoms with van der Waals surface area (Å²) in [5.74, 6) is 1.24. The minimum atomic E-state index is 0.0943. The van der Waals surface area contributed by atoms with E-state index in [1.165, 1.54) is 12.8 Å². The first-order valence-electron chi connectivity index (χ1n) is 8.85. The van der Waals surface area contributed by atoms with Gasteiger partial charge in [-0.2, -0.15) is 5.10 Å². The fourth-order valence-corrected chi connectivity index (χ4v) is 3.69. The fraction of sp³-hybridized carbons (Fsp3) is 0.706. The van der Waals surface area contributed by atoms with Crippen molar-refractivity contribution in [3.8, 4) is 0 Å². The van der Waals surface area contributed by atoms with Crippen LogP contribution in [0.15, 0.2) is 18.3 Å². The quantitative estimate of drug-likeness (QED) is 0.843. The van der Waals surface area contributed by atoms with Gasteiger partial charge in [0, 0.05) is 32.4 Å². The number of nitrogens with zero attached hydrogens (tertiary/aromatic N) is 5. The van der Waals surface area contributed by atoms with Gasteiger partial charge in [-0.15, -0.1) is 5.10 Å². The molecule has 0 aromatic carbocycles. The van der Waals surface area contributed by atoms with Crippen molar-refractivity contribution in [3.63, 3.8) is 0 Å². The molecule has 23 heavy (non-hydrogen) atoms. The van der Waals surface area contributed by atoms with Crippen molar-refractivity contribution < 1.29 is 4.79 Å². The molecular formula is C17H27N5O. The summed E-state index contributed by atoms with van der Waals surface area (Å²) in [4.78, 5) is 19.6. The van der Waals surface area contributed by atoms with E-state index >= 15 is 0 Å². The molecule has 2 saturated heterocycles. The van der Waals surface area contributed by atoms with E-state index in [9.17, 15) is 4.79 Å². The third kappa shape index (κ3) is 3.80. The number of rotatable bonds is 3. The van der Waals surface area contributed by atoms with Crippen LogP contribution in [0.3, 0.4) is 0 Å². The molecule has 0 unspecified atom stereocenters. The lowest BCUT2D eigenvalue weighted by molar-refractivity contribution is -0.138. The van der Waals surface area contributed by atoms with Crippen LogP contribution >= 0.6 is 0 Å². The topological polar surface area (TPSA) is 52.6 Å². The standard InChI is InChI=1S/C17H27N5O/c1-2-20-10-4-3-7-15(20)17(23)22-12-6-11-21(13-14-22)16-8-5-9-18-19-16/h5,8-9,15H,2-4,6-7,10-14H2,1H3/t15-/m0/s1. The lowest BCUT2D eigenvalue weighted by Gasteiger charge is -2.36. The number of aromatic nitrogens is 2. The van der Waals surface area contributed by atoms with E-state index < -0.39 is 0 Å². The van der Waals surface area contributed by atoms with Gasteiger partial charge in [0.25, 0.3) is 0 Å². The normalized spacial score (nSPS) is 23.6. The predicted octanol–water partition coefficient (Wildman–Crippen LogP) is 1.39. The van der Waals surface area contributed by atoms with E-state index in [1.54, 1.807) is 6.20 Å². The molecule has 0 bridgehead atoms. The van der Waals surface area contributed by atoms with E-state index in [0.29, 0.717) is 5.91 Å². The van der Waals surface area contributed by atoms with Crippen LogP contribution in [0.1, 0.15) is 32.6 Å². The monoisotopic (exact) mass is 317 g/mol. The minimum Gasteiger partial charge on any atom is -0.353 e. The average molecular weight is 317 g/mol. The smallest absolute Gasteiger partial charge is 0.239 e. The summed E-state index contributed by atoms with van der Waals surface area (Å²) in [6.07, 6.45) is 6.09. The molecule has 0 radical (unpaired) electrons. The molecule has 0 saturated carbocycles. The second-order valence-electron chi connectivity index (χ2n) is 6.39. The van der Waals surface area contributed by atoms with Gasteiger partial charge in [0.05, 0.1) is 6.04 Å². The zero-order valence-electron chi connectivity index (χ0n) is 14.0. The van der Waals surface area contributed by atoms with Crippen molar-refractivity contribution in [2.24, 2.45) is 0 Å². The number of hydrogen-bond acceptors (Lipinski definition) is 5. The van der Waals surface area contributed by atoms with Crippen LogP contribution in [0.25, 0.3) is 0 Å². The maximum Gasteiger partial charge on any atom is 0.239 e. The Bertz CT molecular complexity index is 509. The van der Waals surface area contributed by atoms with Crippen molar-refractivity contribution in [1.29, 1.82) is 0 Å². The first-order valence-corrected chi connectivity index (χ1v) is 8.85. The van der Waals surface area contributed by atoms with Crippen molar-refractivity contribution in [1.82, 2.24) is 20.0 Å². The zero-order valence-corrected chi connectivity index (χ0v) is 14.0. The largest absolute Gasteiger partial charge is 0.353 e. The highest BCUT2D eigenvalue weighted by atomic mass is 16.2. The Balaban J connectivity index is 1.62. The summed E-state index contributed by atoms with van der Waals surface area (Å²) in [5.41, 5.74) is 0. The van der Waals surface area contributed by atoms with Crippen LogP contribution in [0.4, 0.5) is 5.82 Å². The Hall–Kier alpha value is -1.69. The highest BCUT2D eigenvalue weighted by Gasteiger charge is 2.31. The van der Waals surface area contributed by atoms with Crippen LogP contribution in [0.2, 0.25) is 0 Å². The zero-order chi connectivity index (χ0) is 16.1. The lowest BCUT2D eigenvalue weighted by atomic mass is 10.0. The van der Waals surface area contributed by atoms with Crippen LogP contribution in [0.5, 0.6) is 0 Å². The predicted molar refractivity (Wildman–Crippen MR) is 90.3 cm³/mol. The third-order valence-electron chi connectivity index (χ3n) is 4.99. The van der Waals surface area contributed by atoms with Gasteiger partial charge in [0.1, 0.15) is 0 Å². The number of anilines is 1. The first-order chi connectivity index (χ1) is 11.3. The number of likely N-dealkylation sites (N-methyl/N-ethyl adjacent to an activating group) is 1. The molecule has 3 rings (SSSR count). The molecule has 126 valence electrons. The van der Waals surface area contributed by atoms with Gasteiger partial charge in [-0.25, -0.2) is 0 Å². The summed E-state index contributed by atoms with van der Waals surface area (Å²) in [6.45, 7) is 7.59. The Morgan fingerprint density at radius 1 is 1.17 bits per heavy atom. The Kier molecular flexibility index (Phi) is 5.43. The second-order valence-corrected chi connectivity index (χ2v) is 6.39. The van der Waals surface area contributed by atoms with E-state index in [0.717, 1.165) is 57.9 Å². The summed E-state index contributed by atoms with van der Waals surface area (Å²) in [6, 6.07) is 4.00. The van der Waals surface area contributed by atoms with Gasteiger partial charge in [-0.05, 0) is 44.5 Å². The SMILES string of the molecule is CCN1CCCC[C@H]1C(=O)N1CCCN(c2cccnn2)CC1. The van der Waals surface area contributed by atoms with Crippen molar-refractivity contribution in [3.05, 3.63) is 18.3 Å². The maximum absolute atomic E-state index is 13.0. The van der Waals surface area contributed by atoms with Gasteiger partial charge in [0.2, 0.25) is 5.91 Å². The van der Waals surface area contributed by atoms with Crippen molar-refractivity contribution in [2.45, 2.75) is 38.6 Å². The van der Waals surface area contributed by atoms with Gasteiger partial charge < -0.3 is 9.80 Å². The third-order valence-corrected chi connectivity index (χ3v) is 4.99. The van der Waals surface area contributed by atoms with Crippen molar-refractivity contribution in [2.75, 3.05) is 44.2 Å². The number of piperidine rings is 1. The van der Waals surface area contributed by atoms with Gasteiger partial charge >= 0.3 is 0 Å². The summed E-state index contributed by atoms with van der Waals surface area (Å²) >= 11 is 0. The van der Waals surface area contributed by atoms with E-state index in [2.05, 4.69) is 31.8 Å². The van der Waals surface area contributed by atoms with Crippen LogP contribution in [0, 0.1) is 0 Å². The second kappa shape index (κ2) is 7.73. The fourth-order valence-electron chi connectivity index (χ4n) is 3.69.